The molecule has 1 aliphatic rings. The van der Waals surface area contributed by atoms with Crippen LogP contribution in [0.5, 0.6) is 5.75 Å². The molecule has 0 saturated carbocycles. The van der Waals surface area contributed by atoms with E-state index in [1.807, 2.05) is 38.1 Å². The molecule has 0 spiro atoms. The van der Waals surface area contributed by atoms with E-state index in [1.54, 1.807) is 18.9 Å². The van der Waals surface area contributed by atoms with E-state index in [9.17, 15) is 4.79 Å². The highest BCUT2D eigenvalue weighted by atomic mass is 32.2. The van der Waals surface area contributed by atoms with Gasteiger partial charge >= 0.3 is 0 Å². The van der Waals surface area contributed by atoms with Crippen molar-refractivity contribution in [2.24, 2.45) is 0 Å². The fourth-order valence-electron chi connectivity index (χ4n) is 1.82. The van der Waals surface area contributed by atoms with Gasteiger partial charge in [-0.25, -0.2) is 0 Å². The van der Waals surface area contributed by atoms with Crippen LogP contribution in [-0.2, 0) is 9.67 Å². The van der Waals surface area contributed by atoms with Crippen molar-refractivity contribution in [2.45, 2.75) is 24.0 Å². The van der Waals surface area contributed by atoms with E-state index in [1.165, 1.54) is 0 Å². The molecule has 4 heteroatoms. The Morgan fingerprint density at radius 2 is 2.00 bits per heavy atom. The van der Waals surface area contributed by atoms with Crippen LogP contribution in [-0.4, -0.2) is 18.3 Å². The summed E-state index contributed by atoms with van der Waals surface area (Å²) in [5.41, 5.74) is 1.09. The first kappa shape index (κ1) is 11.3. The van der Waals surface area contributed by atoms with E-state index in [0.717, 1.165) is 11.3 Å². The number of ether oxygens (including phenoxy) is 1. The zero-order valence-corrected chi connectivity index (χ0v) is 10.4. The molecule has 1 N–H and O–H groups in total. The van der Waals surface area contributed by atoms with Gasteiger partial charge in [0.05, 0.1) is 12.4 Å². The van der Waals surface area contributed by atoms with Crippen LogP contribution in [0.1, 0.15) is 19.4 Å². The van der Waals surface area contributed by atoms with E-state index >= 15 is 0 Å². The van der Waals surface area contributed by atoms with Gasteiger partial charge in [-0.2, -0.15) is 0 Å². The molecule has 1 aromatic rings. The quantitative estimate of drug-likeness (QED) is 0.856. The first-order valence-corrected chi connectivity index (χ1v) is 6.07. The van der Waals surface area contributed by atoms with Crippen molar-refractivity contribution in [1.29, 1.82) is 0 Å². The molecule has 16 heavy (non-hydrogen) atoms. The fourth-order valence-corrected chi connectivity index (χ4v) is 3.13. The monoisotopic (exact) mass is 237 g/mol. The Labute approximate surface area is 99.6 Å². The zero-order valence-electron chi connectivity index (χ0n) is 9.61. The van der Waals surface area contributed by atoms with Gasteiger partial charge in [-0.3, -0.25) is 4.79 Å². The number of carbonyl (C=O) groups excluding carboxylic acids is 1. The molecule has 1 aliphatic heterocycles. The normalized spacial score (nSPS) is 28.9. The van der Waals surface area contributed by atoms with Crippen molar-refractivity contribution in [1.82, 2.24) is 5.32 Å². The summed E-state index contributed by atoms with van der Waals surface area (Å²) in [5.74, 6) is 0.929. The lowest BCUT2D eigenvalue weighted by molar-refractivity contribution is -0.120. The SMILES string of the molecule is COc1ccc([C@@]2(C)NC(=O)[C@H](C)S2)cc1. The predicted molar refractivity (Wildman–Crippen MR) is 65.5 cm³/mol. The van der Waals surface area contributed by atoms with E-state index in [2.05, 4.69) is 5.32 Å². The largest absolute Gasteiger partial charge is 0.497 e. The number of amides is 1. The predicted octanol–water partition coefficient (Wildman–Crippen LogP) is 2.12. The third-order valence-corrected chi connectivity index (χ3v) is 4.16. The average Bonchev–Trinajstić information content (AvgIpc) is 2.54. The third kappa shape index (κ3) is 1.89. The van der Waals surface area contributed by atoms with Gasteiger partial charge < -0.3 is 10.1 Å². The highest BCUT2D eigenvalue weighted by Gasteiger charge is 2.40. The molecule has 0 radical (unpaired) electrons. The molecular formula is C12H15NO2S. The van der Waals surface area contributed by atoms with E-state index in [-0.39, 0.29) is 16.0 Å². The van der Waals surface area contributed by atoms with E-state index in [4.69, 9.17) is 4.74 Å². The lowest BCUT2D eigenvalue weighted by atomic mass is 10.1. The molecular weight excluding hydrogens is 222 g/mol. The Hall–Kier alpha value is -1.16. The lowest BCUT2D eigenvalue weighted by Crippen LogP contribution is -2.34. The number of thioether (sulfide) groups is 1. The molecule has 0 bridgehead atoms. The van der Waals surface area contributed by atoms with Crippen molar-refractivity contribution in [3.63, 3.8) is 0 Å². The number of hydrogen-bond donors (Lipinski definition) is 1. The fraction of sp³-hybridized carbons (Fsp3) is 0.417. The Bertz CT molecular complexity index is 404. The van der Waals surface area contributed by atoms with Gasteiger partial charge in [0.15, 0.2) is 0 Å². The van der Waals surface area contributed by atoms with Gasteiger partial charge in [0.1, 0.15) is 10.6 Å². The molecule has 1 fully saturated rings. The highest BCUT2D eigenvalue weighted by Crippen LogP contribution is 2.41. The Morgan fingerprint density at radius 1 is 1.38 bits per heavy atom. The zero-order chi connectivity index (χ0) is 11.8. The van der Waals surface area contributed by atoms with Crippen LogP contribution < -0.4 is 10.1 Å². The van der Waals surface area contributed by atoms with Crippen LogP contribution in [0.15, 0.2) is 24.3 Å². The minimum absolute atomic E-state index is 0.00658. The number of methoxy groups -OCH3 is 1. The topological polar surface area (TPSA) is 38.3 Å². The van der Waals surface area contributed by atoms with Crippen LogP contribution in [0.4, 0.5) is 0 Å². The van der Waals surface area contributed by atoms with Crippen LogP contribution >= 0.6 is 11.8 Å². The summed E-state index contributed by atoms with van der Waals surface area (Å²) in [6, 6.07) is 7.81. The third-order valence-electron chi connectivity index (χ3n) is 2.78. The minimum Gasteiger partial charge on any atom is -0.497 e. The Morgan fingerprint density at radius 3 is 2.44 bits per heavy atom. The van der Waals surface area contributed by atoms with E-state index < -0.39 is 0 Å². The molecule has 2 atom stereocenters. The Kier molecular flexibility index (Phi) is 2.84. The maximum absolute atomic E-state index is 11.5. The second-order valence-electron chi connectivity index (χ2n) is 4.01. The smallest absolute Gasteiger partial charge is 0.234 e. The summed E-state index contributed by atoms with van der Waals surface area (Å²) in [5, 5.41) is 3.02. The van der Waals surface area contributed by atoms with Gasteiger partial charge in [0.2, 0.25) is 5.91 Å². The molecule has 1 amide bonds. The molecule has 1 aromatic carbocycles. The number of nitrogens with one attached hydrogen (secondary N) is 1. The molecule has 0 unspecified atom stereocenters. The molecule has 86 valence electrons. The maximum atomic E-state index is 11.5. The van der Waals surface area contributed by atoms with Gasteiger partial charge in [-0.15, -0.1) is 11.8 Å². The number of benzene rings is 1. The molecule has 3 nitrogen and oxygen atoms in total. The first-order valence-electron chi connectivity index (χ1n) is 5.19. The van der Waals surface area contributed by atoms with Crippen LogP contribution in [0.3, 0.4) is 0 Å². The summed E-state index contributed by atoms with van der Waals surface area (Å²) in [7, 11) is 1.64. The summed E-state index contributed by atoms with van der Waals surface area (Å²) in [4.78, 5) is 11.2. The van der Waals surface area contributed by atoms with Crippen molar-refractivity contribution in [2.75, 3.05) is 7.11 Å². The van der Waals surface area contributed by atoms with Crippen molar-refractivity contribution >= 4 is 17.7 Å². The van der Waals surface area contributed by atoms with Gasteiger partial charge in [0.25, 0.3) is 0 Å². The molecule has 2 rings (SSSR count). The van der Waals surface area contributed by atoms with Crippen LogP contribution in [0, 0.1) is 0 Å². The standard InChI is InChI=1S/C12H15NO2S/c1-8-11(14)13-12(2,16-8)9-4-6-10(15-3)7-5-9/h4-8H,1-3H3,(H,13,14)/t8-,12-/m0/s1. The summed E-state index contributed by atoms with van der Waals surface area (Å²) in [6.07, 6.45) is 0. The summed E-state index contributed by atoms with van der Waals surface area (Å²) >= 11 is 1.64. The summed E-state index contributed by atoms with van der Waals surface area (Å²) in [6.45, 7) is 3.95. The van der Waals surface area contributed by atoms with Crippen molar-refractivity contribution < 1.29 is 9.53 Å². The van der Waals surface area contributed by atoms with Crippen LogP contribution in [0.25, 0.3) is 0 Å². The average molecular weight is 237 g/mol. The van der Waals surface area contributed by atoms with Crippen LogP contribution in [0.2, 0.25) is 0 Å². The first-order chi connectivity index (χ1) is 7.55. The van der Waals surface area contributed by atoms with E-state index in [0.29, 0.717) is 0 Å². The second kappa shape index (κ2) is 4.01. The molecule has 1 saturated heterocycles. The summed E-state index contributed by atoms with van der Waals surface area (Å²) < 4.78 is 5.11. The number of carbonyl (C=O) groups is 1. The van der Waals surface area contributed by atoms with Gasteiger partial charge in [-0.05, 0) is 31.5 Å². The molecule has 0 aromatic heterocycles. The van der Waals surface area contributed by atoms with Gasteiger partial charge in [-0.1, -0.05) is 12.1 Å². The highest BCUT2D eigenvalue weighted by molar-refractivity contribution is 8.01. The second-order valence-corrected chi connectivity index (χ2v) is 5.77. The maximum Gasteiger partial charge on any atom is 0.234 e. The molecule has 1 heterocycles. The number of rotatable bonds is 2. The minimum atomic E-state index is -0.317. The molecule has 0 aliphatic carbocycles. The van der Waals surface area contributed by atoms with Gasteiger partial charge in [0, 0.05) is 0 Å². The Balaban J connectivity index is 2.26. The van der Waals surface area contributed by atoms with Crippen molar-refractivity contribution in [3.8, 4) is 5.75 Å². The number of hydrogen-bond acceptors (Lipinski definition) is 3. The van der Waals surface area contributed by atoms with Crippen molar-refractivity contribution in [3.05, 3.63) is 29.8 Å². The lowest BCUT2D eigenvalue weighted by Gasteiger charge is -2.23.